The molecule has 0 atom stereocenters. The summed E-state index contributed by atoms with van der Waals surface area (Å²) >= 11 is 0. The Morgan fingerprint density at radius 3 is 2.06 bits per heavy atom. The van der Waals surface area contributed by atoms with Gasteiger partial charge < -0.3 is 10.2 Å². The van der Waals surface area contributed by atoms with E-state index in [1.54, 1.807) is 12.1 Å². The summed E-state index contributed by atoms with van der Waals surface area (Å²) in [7, 11) is -7.26. The number of nitrogens with one attached hydrogen (secondary N) is 1. The average molecular weight is 477 g/mol. The molecule has 3 aromatic rings. The van der Waals surface area contributed by atoms with Crippen molar-refractivity contribution >= 4 is 36.4 Å². The predicted molar refractivity (Wildman–Crippen MR) is 128 cm³/mol. The van der Waals surface area contributed by atoms with Gasteiger partial charge >= 0.3 is 0 Å². The Kier molecular flexibility index (Phi) is 7.24. The van der Waals surface area contributed by atoms with Gasteiger partial charge in [0, 0.05) is 42.6 Å². The molecular formula is C23H28N2O5S2. The lowest BCUT2D eigenvalue weighted by Crippen LogP contribution is -2.43. The zero-order valence-electron chi connectivity index (χ0n) is 18.4. The van der Waals surface area contributed by atoms with Crippen LogP contribution >= 0.6 is 0 Å². The average Bonchev–Trinajstić information content (AvgIpc) is 2.74. The van der Waals surface area contributed by atoms with E-state index in [-0.39, 0.29) is 0 Å². The van der Waals surface area contributed by atoms with E-state index in [9.17, 15) is 16.8 Å². The van der Waals surface area contributed by atoms with Crippen molar-refractivity contribution in [3.8, 4) is 0 Å². The van der Waals surface area contributed by atoms with E-state index in [0.717, 1.165) is 53.8 Å². The summed E-state index contributed by atoms with van der Waals surface area (Å²) in [5, 5.41) is 5.14. The summed E-state index contributed by atoms with van der Waals surface area (Å²) in [4.78, 5) is 3.10. The minimum atomic E-state index is -3.67. The monoisotopic (exact) mass is 476 g/mol. The summed E-state index contributed by atoms with van der Waals surface area (Å²) in [6.45, 7) is 7.50. The number of piperazine rings is 1. The second-order valence-electron chi connectivity index (χ2n) is 7.87. The number of aryl methyl sites for hydroxylation is 2. The van der Waals surface area contributed by atoms with Crippen LogP contribution in [0.4, 0.5) is 5.69 Å². The summed E-state index contributed by atoms with van der Waals surface area (Å²) in [5.74, 6) is 0. The molecule has 9 heteroatoms. The van der Waals surface area contributed by atoms with Gasteiger partial charge in [-0.3, -0.25) is 4.55 Å². The van der Waals surface area contributed by atoms with Crippen LogP contribution in [0.5, 0.6) is 0 Å². The van der Waals surface area contributed by atoms with E-state index >= 15 is 0 Å². The van der Waals surface area contributed by atoms with Crippen molar-refractivity contribution in [2.24, 2.45) is 0 Å². The van der Waals surface area contributed by atoms with Gasteiger partial charge in [-0.15, -0.1) is 0 Å². The van der Waals surface area contributed by atoms with Gasteiger partial charge in [0.15, 0.2) is 0 Å². The van der Waals surface area contributed by atoms with Crippen LogP contribution in [0, 0.1) is 13.8 Å². The summed E-state index contributed by atoms with van der Waals surface area (Å²) < 4.78 is 52.8. The van der Waals surface area contributed by atoms with Crippen LogP contribution in [-0.4, -0.2) is 53.8 Å². The molecule has 1 aliphatic rings. The normalized spacial score (nSPS) is 14.7. The maximum Gasteiger partial charge on any atom is 0.261 e. The van der Waals surface area contributed by atoms with Crippen molar-refractivity contribution in [2.75, 3.05) is 37.3 Å². The minimum absolute atomic E-state index is 0.380. The lowest BCUT2D eigenvalue weighted by atomic mass is 10.1. The zero-order valence-corrected chi connectivity index (χ0v) is 20.0. The van der Waals surface area contributed by atoms with Crippen molar-refractivity contribution in [1.29, 1.82) is 0 Å². The number of anilines is 1. The van der Waals surface area contributed by atoms with Gasteiger partial charge in [0.1, 0.15) is 0 Å². The molecule has 1 fully saturated rings. The maximum atomic E-state index is 13.5. The first-order chi connectivity index (χ1) is 15.0. The molecule has 1 aliphatic heterocycles. The predicted octanol–water partition coefficient (Wildman–Crippen LogP) is 3.20. The molecule has 2 N–H and O–H groups in total. The highest BCUT2D eigenvalue weighted by atomic mass is 32.2. The van der Waals surface area contributed by atoms with E-state index in [4.69, 9.17) is 4.55 Å². The lowest BCUT2D eigenvalue weighted by Gasteiger charge is -2.30. The van der Waals surface area contributed by atoms with Gasteiger partial charge in [0.2, 0.25) is 9.84 Å². The van der Waals surface area contributed by atoms with E-state index in [1.807, 2.05) is 56.3 Å². The standard InChI is InChI=1S/C22H24N2O2S.CH4O3S/c1-16-7-8-17(2)22(15-16)27(25,26)21-10-9-20(24-13-11-23-12-14-24)18-5-3-4-6-19(18)21;1-5(2,3)4/h3-10,15,23H,11-14H2,1-2H3;1H3,(H,2,3,4). The largest absolute Gasteiger partial charge is 0.368 e. The Labute approximate surface area is 189 Å². The molecule has 0 radical (unpaired) electrons. The van der Waals surface area contributed by atoms with Gasteiger partial charge in [-0.1, -0.05) is 36.4 Å². The molecule has 0 spiro atoms. The molecule has 0 aromatic heterocycles. The molecule has 7 nitrogen and oxygen atoms in total. The molecule has 0 unspecified atom stereocenters. The van der Waals surface area contributed by atoms with E-state index < -0.39 is 20.0 Å². The SMILES string of the molecule is CS(=O)(=O)O.Cc1ccc(C)c(S(=O)(=O)c2ccc(N3CCNCC3)c3ccccc23)c1. The van der Waals surface area contributed by atoms with Gasteiger partial charge in [-0.2, -0.15) is 8.42 Å². The van der Waals surface area contributed by atoms with Crippen molar-refractivity contribution in [1.82, 2.24) is 5.32 Å². The molecule has 0 amide bonds. The lowest BCUT2D eigenvalue weighted by molar-refractivity contribution is 0.490. The molecule has 172 valence electrons. The first kappa shape index (κ1) is 24.2. The van der Waals surface area contributed by atoms with Crippen molar-refractivity contribution in [3.63, 3.8) is 0 Å². The summed E-state index contributed by atoms with van der Waals surface area (Å²) in [5.41, 5.74) is 2.82. The highest BCUT2D eigenvalue weighted by Gasteiger charge is 2.24. The second-order valence-corrected chi connectivity index (χ2v) is 11.2. The summed E-state index contributed by atoms with van der Waals surface area (Å²) in [6.07, 6.45) is 0.715. The van der Waals surface area contributed by atoms with Crippen LogP contribution < -0.4 is 10.2 Å². The smallest absolute Gasteiger partial charge is 0.261 e. The van der Waals surface area contributed by atoms with Gasteiger partial charge in [0.05, 0.1) is 16.0 Å². The molecule has 0 saturated carbocycles. The third-order valence-electron chi connectivity index (χ3n) is 5.24. The van der Waals surface area contributed by atoms with E-state index in [2.05, 4.69) is 10.2 Å². The number of benzene rings is 3. The summed E-state index contributed by atoms with van der Waals surface area (Å²) in [6, 6.07) is 17.1. The van der Waals surface area contributed by atoms with Crippen LogP contribution in [0.3, 0.4) is 0 Å². The van der Waals surface area contributed by atoms with Crippen molar-refractivity contribution < 1.29 is 21.4 Å². The highest BCUT2D eigenvalue weighted by Crippen LogP contribution is 2.35. The number of hydrogen-bond acceptors (Lipinski definition) is 6. The molecule has 0 aliphatic carbocycles. The Balaban J connectivity index is 0.000000523. The Morgan fingerprint density at radius 2 is 1.44 bits per heavy atom. The Hall–Kier alpha value is -2.46. The third-order valence-corrected chi connectivity index (χ3v) is 7.20. The molecular weight excluding hydrogens is 448 g/mol. The van der Waals surface area contributed by atoms with Gasteiger partial charge in [0.25, 0.3) is 10.1 Å². The number of fused-ring (bicyclic) bond motifs is 1. The van der Waals surface area contributed by atoms with Crippen LogP contribution in [0.25, 0.3) is 10.8 Å². The molecule has 1 heterocycles. The number of nitrogens with zero attached hydrogens (tertiary/aromatic N) is 1. The first-order valence-electron chi connectivity index (χ1n) is 10.2. The number of rotatable bonds is 3. The van der Waals surface area contributed by atoms with Crippen LogP contribution in [0.1, 0.15) is 11.1 Å². The molecule has 32 heavy (non-hydrogen) atoms. The number of sulfone groups is 1. The number of hydrogen-bond donors (Lipinski definition) is 2. The molecule has 4 rings (SSSR count). The second kappa shape index (κ2) is 9.58. The fraction of sp³-hybridized carbons (Fsp3) is 0.304. The van der Waals surface area contributed by atoms with Crippen LogP contribution in [0.15, 0.2) is 64.4 Å². The fourth-order valence-electron chi connectivity index (χ4n) is 3.79. The molecule has 0 bridgehead atoms. The van der Waals surface area contributed by atoms with Crippen molar-refractivity contribution in [3.05, 3.63) is 65.7 Å². The van der Waals surface area contributed by atoms with Gasteiger partial charge in [-0.25, -0.2) is 8.42 Å². The highest BCUT2D eigenvalue weighted by molar-refractivity contribution is 7.91. The Morgan fingerprint density at radius 1 is 0.844 bits per heavy atom. The third kappa shape index (κ3) is 5.66. The van der Waals surface area contributed by atoms with E-state index in [0.29, 0.717) is 16.0 Å². The molecule has 3 aromatic carbocycles. The van der Waals surface area contributed by atoms with Crippen LogP contribution in [-0.2, 0) is 20.0 Å². The topological polar surface area (TPSA) is 104 Å². The van der Waals surface area contributed by atoms with E-state index in [1.165, 1.54) is 0 Å². The van der Waals surface area contributed by atoms with Gasteiger partial charge in [-0.05, 0) is 43.2 Å². The first-order valence-corrected chi connectivity index (χ1v) is 13.5. The van der Waals surface area contributed by atoms with Crippen LogP contribution in [0.2, 0.25) is 0 Å². The maximum absolute atomic E-state index is 13.5. The van der Waals surface area contributed by atoms with Crippen molar-refractivity contribution in [2.45, 2.75) is 23.6 Å². The Bertz CT molecular complexity index is 1320. The zero-order chi connectivity index (χ0) is 23.5. The fourth-order valence-corrected chi connectivity index (χ4v) is 5.57. The molecule has 1 saturated heterocycles. The minimum Gasteiger partial charge on any atom is -0.368 e. The quantitative estimate of drug-likeness (QED) is 0.560.